The number of amides is 3. The van der Waals surface area contributed by atoms with Crippen LogP contribution < -0.4 is 20.8 Å². The van der Waals surface area contributed by atoms with Gasteiger partial charge in [-0.05, 0) is 54.3 Å². The minimum atomic E-state index is -0.866. The van der Waals surface area contributed by atoms with Gasteiger partial charge in [-0.1, -0.05) is 60.1 Å². The zero-order valence-corrected chi connectivity index (χ0v) is 19.8. The molecule has 0 aliphatic rings. The molecule has 3 N–H and O–H groups in total. The van der Waals surface area contributed by atoms with E-state index in [4.69, 9.17) is 16.3 Å². The highest BCUT2D eigenvalue weighted by molar-refractivity contribution is 6.35. The average Bonchev–Trinajstić information content (AvgIpc) is 2.86. The first-order chi connectivity index (χ1) is 16.9. The lowest BCUT2D eigenvalue weighted by Crippen LogP contribution is -2.38. The third kappa shape index (κ3) is 8.28. The zero-order valence-electron chi connectivity index (χ0n) is 19.1. The van der Waals surface area contributed by atoms with Crippen LogP contribution in [-0.4, -0.2) is 37.1 Å². The standard InChI is InChI=1S/C26H25ClN4O4/c1-18-22(27)11-6-12-23(18)30-24(32)17-35-21-10-5-9-20(15-21)16-29-31-26(34)25(33)28-14-13-19-7-3-2-4-8-19/h2-12,15-16H,13-14,17H2,1H3,(H,28,33)(H,30,32)(H,31,34)/b29-16-. The van der Waals surface area contributed by atoms with Gasteiger partial charge in [0.1, 0.15) is 5.75 Å². The molecule has 0 aliphatic carbocycles. The maximum absolute atomic E-state index is 12.2. The molecule has 3 rings (SSSR count). The number of halogens is 1. The molecule has 0 radical (unpaired) electrons. The summed E-state index contributed by atoms with van der Waals surface area (Å²) in [5.74, 6) is -1.53. The van der Waals surface area contributed by atoms with E-state index in [1.807, 2.05) is 37.3 Å². The van der Waals surface area contributed by atoms with Gasteiger partial charge >= 0.3 is 11.8 Å². The molecule has 0 saturated heterocycles. The number of nitrogens with zero attached hydrogens (tertiary/aromatic N) is 1. The van der Waals surface area contributed by atoms with Crippen molar-refractivity contribution in [3.05, 3.63) is 94.5 Å². The highest BCUT2D eigenvalue weighted by atomic mass is 35.5. The number of carbonyl (C=O) groups excluding carboxylic acids is 3. The Kier molecular flexibility index (Phi) is 9.39. The normalized spacial score (nSPS) is 10.6. The lowest BCUT2D eigenvalue weighted by Gasteiger charge is -2.10. The van der Waals surface area contributed by atoms with Crippen molar-refractivity contribution >= 4 is 41.2 Å². The minimum Gasteiger partial charge on any atom is -0.484 e. The van der Waals surface area contributed by atoms with Crippen LogP contribution in [0.15, 0.2) is 77.9 Å². The Bertz CT molecular complexity index is 1210. The predicted molar refractivity (Wildman–Crippen MR) is 136 cm³/mol. The van der Waals surface area contributed by atoms with Gasteiger partial charge in [-0.2, -0.15) is 5.10 Å². The fourth-order valence-electron chi connectivity index (χ4n) is 3.02. The van der Waals surface area contributed by atoms with Crippen molar-refractivity contribution in [3.8, 4) is 5.75 Å². The zero-order chi connectivity index (χ0) is 25.0. The number of hydrogen-bond donors (Lipinski definition) is 3. The highest BCUT2D eigenvalue weighted by Gasteiger charge is 2.11. The predicted octanol–water partition coefficient (Wildman–Crippen LogP) is 3.47. The largest absolute Gasteiger partial charge is 0.484 e. The molecule has 3 aromatic rings. The fraction of sp³-hybridized carbons (Fsp3) is 0.154. The maximum Gasteiger partial charge on any atom is 0.329 e. The van der Waals surface area contributed by atoms with Gasteiger partial charge in [0, 0.05) is 17.3 Å². The van der Waals surface area contributed by atoms with E-state index in [-0.39, 0.29) is 12.5 Å². The van der Waals surface area contributed by atoms with Crippen molar-refractivity contribution in [1.82, 2.24) is 10.7 Å². The Morgan fingerprint density at radius 2 is 1.74 bits per heavy atom. The summed E-state index contributed by atoms with van der Waals surface area (Å²) >= 11 is 6.07. The molecule has 0 aromatic heterocycles. The van der Waals surface area contributed by atoms with E-state index in [1.165, 1.54) is 6.21 Å². The van der Waals surface area contributed by atoms with Gasteiger partial charge in [0.25, 0.3) is 5.91 Å². The molecule has 3 amide bonds. The van der Waals surface area contributed by atoms with Crippen molar-refractivity contribution in [3.63, 3.8) is 0 Å². The average molecular weight is 493 g/mol. The number of nitrogens with one attached hydrogen (secondary N) is 3. The van der Waals surface area contributed by atoms with E-state index in [1.54, 1.807) is 42.5 Å². The smallest absolute Gasteiger partial charge is 0.329 e. The van der Waals surface area contributed by atoms with E-state index in [0.29, 0.717) is 35.0 Å². The Hall–Kier alpha value is -4.17. The summed E-state index contributed by atoms with van der Waals surface area (Å²) in [7, 11) is 0. The molecule has 0 spiro atoms. The van der Waals surface area contributed by atoms with Crippen LogP contribution in [0.1, 0.15) is 16.7 Å². The molecule has 180 valence electrons. The first-order valence-electron chi connectivity index (χ1n) is 10.9. The van der Waals surface area contributed by atoms with E-state index in [9.17, 15) is 14.4 Å². The van der Waals surface area contributed by atoms with Gasteiger partial charge in [-0.3, -0.25) is 14.4 Å². The van der Waals surface area contributed by atoms with Crippen molar-refractivity contribution in [2.45, 2.75) is 13.3 Å². The number of carbonyl (C=O) groups is 3. The number of rotatable bonds is 9. The molecule has 0 atom stereocenters. The molecule has 8 nitrogen and oxygen atoms in total. The van der Waals surface area contributed by atoms with Crippen LogP contribution >= 0.6 is 11.6 Å². The molecule has 0 saturated carbocycles. The van der Waals surface area contributed by atoms with Gasteiger partial charge in [0.05, 0.1) is 6.21 Å². The quantitative estimate of drug-likeness (QED) is 0.241. The monoisotopic (exact) mass is 492 g/mol. The summed E-state index contributed by atoms with van der Waals surface area (Å²) in [6, 6.07) is 21.7. The lowest BCUT2D eigenvalue weighted by atomic mass is 10.1. The molecular formula is C26H25ClN4O4. The maximum atomic E-state index is 12.2. The van der Waals surface area contributed by atoms with Crippen LogP contribution in [0.3, 0.4) is 0 Å². The Balaban J connectivity index is 1.43. The fourth-order valence-corrected chi connectivity index (χ4v) is 3.20. The number of hydrogen-bond acceptors (Lipinski definition) is 5. The van der Waals surface area contributed by atoms with Crippen LogP contribution in [0, 0.1) is 6.92 Å². The van der Waals surface area contributed by atoms with Gasteiger partial charge < -0.3 is 15.4 Å². The third-order valence-electron chi connectivity index (χ3n) is 4.90. The van der Waals surface area contributed by atoms with E-state index >= 15 is 0 Å². The van der Waals surface area contributed by atoms with Crippen molar-refractivity contribution < 1.29 is 19.1 Å². The second-order valence-electron chi connectivity index (χ2n) is 7.51. The van der Waals surface area contributed by atoms with Crippen molar-refractivity contribution in [2.24, 2.45) is 5.10 Å². The first kappa shape index (κ1) is 25.5. The van der Waals surface area contributed by atoms with Crippen LogP contribution in [0.5, 0.6) is 5.75 Å². The topological polar surface area (TPSA) is 109 Å². The summed E-state index contributed by atoms with van der Waals surface area (Å²) < 4.78 is 5.54. The number of benzene rings is 3. The summed E-state index contributed by atoms with van der Waals surface area (Å²) in [4.78, 5) is 36.0. The Morgan fingerprint density at radius 1 is 0.971 bits per heavy atom. The van der Waals surface area contributed by atoms with Crippen molar-refractivity contribution in [2.75, 3.05) is 18.5 Å². The highest BCUT2D eigenvalue weighted by Crippen LogP contribution is 2.22. The second kappa shape index (κ2) is 12.9. The lowest BCUT2D eigenvalue weighted by molar-refractivity contribution is -0.139. The van der Waals surface area contributed by atoms with Crippen LogP contribution in [-0.2, 0) is 20.8 Å². The SMILES string of the molecule is Cc1c(Cl)cccc1NC(=O)COc1cccc(/C=N\NC(=O)C(=O)NCCc2ccccc2)c1. The van der Waals surface area contributed by atoms with Gasteiger partial charge in [-0.25, -0.2) is 5.43 Å². The molecule has 3 aromatic carbocycles. The first-order valence-corrected chi connectivity index (χ1v) is 11.2. The summed E-state index contributed by atoms with van der Waals surface area (Å²) in [5.41, 5.74) is 5.25. The van der Waals surface area contributed by atoms with Crippen LogP contribution in [0.25, 0.3) is 0 Å². The van der Waals surface area contributed by atoms with Crippen LogP contribution in [0.4, 0.5) is 5.69 Å². The van der Waals surface area contributed by atoms with Gasteiger partial charge in [0.15, 0.2) is 6.61 Å². The number of hydrazone groups is 1. The van der Waals surface area contributed by atoms with Gasteiger partial charge in [0.2, 0.25) is 0 Å². The Morgan fingerprint density at radius 3 is 2.54 bits per heavy atom. The molecule has 0 unspecified atom stereocenters. The molecule has 9 heteroatoms. The third-order valence-corrected chi connectivity index (χ3v) is 5.31. The van der Waals surface area contributed by atoms with E-state index in [0.717, 1.165) is 11.1 Å². The molecule has 0 fully saturated rings. The molecule has 0 aliphatic heterocycles. The van der Waals surface area contributed by atoms with E-state index in [2.05, 4.69) is 21.2 Å². The molecule has 35 heavy (non-hydrogen) atoms. The Labute approximate surface area is 208 Å². The van der Waals surface area contributed by atoms with E-state index < -0.39 is 11.8 Å². The van der Waals surface area contributed by atoms with Crippen molar-refractivity contribution in [1.29, 1.82) is 0 Å². The van der Waals surface area contributed by atoms with Gasteiger partial charge in [-0.15, -0.1) is 0 Å². The summed E-state index contributed by atoms with van der Waals surface area (Å²) in [5, 5.41) is 9.68. The molecule has 0 heterocycles. The number of anilines is 1. The summed E-state index contributed by atoms with van der Waals surface area (Å²) in [6.45, 7) is 1.95. The van der Waals surface area contributed by atoms with Crippen LogP contribution in [0.2, 0.25) is 5.02 Å². The minimum absolute atomic E-state index is 0.202. The molecular weight excluding hydrogens is 468 g/mol. The number of ether oxygens (including phenoxy) is 1. The molecule has 0 bridgehead atoms. The second-order valence-corrected chi connectivity index (χ2v) is 7.92. The summed E-state index contributed by atoms with van der Waals surface area (Å²) in [6.07, 6.45) is 1.99.